The van der Waals surface area contributed by atoms with Crippen LogP contribution in [0.5, 0.6) is 0 Å². The minimum atomic E-state index is -5.08. The molecule has 32 heavy (non-hydrogen) atoms. The summed E-state index contributed by atoms with van der Waals surface area (Å²) >= 11 is 0. The van der Waals surface area contributed by atoms with Crippen LogP contribution in [-0.4, -0.2) is 49.8 Å². The molecule has 168 valence electrons. The zero-order valence-electron chi connectivity index (χ0n) is 16.6. The largest absolute Gasteiger partial charge is 0.490 e. The Kier molecular flexibility index (Phi) is 6.76. The first-order chi connectivity index (χ1) is 15.1. The lowest BCUT2D eigenvalue weighted by Gasteiger charge is -2.27. The van der Waals surface area contributed by atoms with Gasteiger partial charge in [0.05, 0.1) is 11.3 Å². The predicted octanol–water partition coefficient (Wildman–Crippen LogP) is 2.52. The maximum atomic E-state index is 12.7. The Morgan fingerprint density at radius 3 is 2.41 bits per heavy atom. The summed E-state index contributed by atoms with van der Waals surface area (Å²) in [5, 5.41) is 14.7. The molecule has 0 fully saturated rings. The van der Waals surface area contributed by atoms with Crippen LogP contribution >= 0.6 is 0 Å². The average molecular weight is 448 g/mol. The number of hydrogen-bond donors (Lipinski definition) is 3. The molecule has 2 aromatic heterocycles. The van der Waals surface area contributed by atoms with E-state index in [1.807, 2.05) is 18.2 Å². The first kappa shape index (κ1) is 22.8. The average Bonchev–Trinajstić information content (AvgIpc) is 3.16. The maximum Gasteiger partial charge on any atom is 0.490 e. The standard InChI is InChI=1S/C19H18N4O2.C2HF3O2/c24-18-7-6-14(11-20-18)19(25)23-9-8-16-15(12-23)17(22-21-16)10-13-4-2-1-3-5-13;3-2(4,5)1(6)7/h1-7,11H,8-10,12H2,(H,20,24)(H,21,22);(H,6,7). The normalized spacial score (nSPS) is 13.0. The van der Waals surface area contributed by atoms with Crippen LogP contribution in [0.25, 0.3) is 0 Å². The van der Waals surface area contributed by atoms with Crippen molar-refractivity contribution in [3.05, 3.63) is 87.1 Å². The Balaban J connectivity index is 0.000000360. The number of fused-ring (bicyclic) bond motifs is 1. The van der Waals surface area contributed by atoms with Crippen molar-refractivity contribution in [2.24, 2.45) is 0 Å². The number of carbonyl (C=O) groups is 2. The number of carbonyl (C=O) groups excluding carboxylic acids is 1. The molecule has 0 radical (unpaired) electrons. The van der Waals surface area contributed by atoms with Gasteiger partial charge < -0.3 is 15.0 Å². The highest BCUT2D eigenvalue weighted by Crippen LogP contribution is 2.23. The van der Waals surface area contributed by atoms with E-state index in [0.717, 1.165) is 29.8 Å². The van der Waals surface area contributed by atoms with E-state index in [1.165, 1.54) is 17.8 Å². The summed E-state index contributed by atoms with van der Waals surface area (Å²) in [6.07, 6.45) is -2.11. The Labute approximate surface area is 179 Å². The second kappa shape index (κ2) is 9.50. The fraction of sp³-hybridized carbons (Fsp3) is 0.238. The molecule has 11 heteroatoms. The highest BCUT2D eigenvalue weighted by molar-refractivity contribution is 5.94. The monoisotopic (exact) mass is 448 g/mol. The van der Waals surface area contributed by atoms with Gasteiger partial charge >= 0.3 is 12.1 Å². The number of pyridine rings is 1. The topological polar surface area (TPSA) is 119 Å². The number of alkyl halides is 3. The molecule has 0 aliphatic carbocycles. The Morgan fingerprint density at radius 2 is 1.81 bits per heavy atom. The summed E-state index contributed by atoms with van der Waals surface area (Å²) in [7, 11) is 0. The molecule has 0 saturated carbocycles. The lowest BCUT2D eigenvalue weighted by molar-refractivity contribution is -0.192. The van der Waals surface area contributed by atoms with Crippen LogP contribution in [-0.2, 0) is 24.2 Å². The molecule has 3 heterocycles. The van der Waals surface area contributed by atoms with Gasteiger partial charge in [0.1, 0.15) is 0 Å². The third-order valence-electron chi connectivity index (χ3n) is 4.79. The Hall–Kier alpha value is -3.89. The summed E-state index contributed by atoms with van der Waals surface area (Å²) in [5.74, 6) is -2.83. The molecule has 3 aromatic rings. The van der Waals surface area contributed by atoms with Gasteiger partial charge in [-0.1, -0.05) is 30.3 Å². The molecule has 0 atom stereocenters. The molecular weight excluding hydrogens is 429 g/mol. The number of aliphatic carboxylic acids is 1. The zero-order chi connectivity index (χ0) is 23.3. The van der Waals surface area contributed by atoms with E-state index >= 15 is 0 Å². The number of aromatic nitrogens is 3. The fourth-order valence-corrected chi connectivity index (χ4v) is 3.19. The third kappa shape index (κ3) is 5.62. The van der Waals surface area contributed by atoms with E-state index in [0.29, 0.717) is 18.7 Å². The molecule has 0 unspecified atom stereocenters. The quantitative estimate of drug-likeness (QED) is 0.569. The first-order valence-electron chi connectivity index (χ1n) is 9.52. The summed E-state index contributed by atoms with van der Waals surface area (Å²) in [6, 6.07) is 13.1. The van der Waals surface area contributed by atoms with Crippen LogP contribution in [0.3, 0.4) is 0 Å². The Bertz CT molecular complexity index is 1140. The molecule has 1 aliphatic heterocycles. The van der Waals surface area contributed by atoms with E-state index in [9.17, 15) is 22.8 Å². The molecule has 1 aromatic carbocycles. The van der Waals surface area contributed by atoms with Gasteiger partial charge in [-0.3, -0.25) is 14.7 Å². The maximum absolute atomic E-state index is 12.7. The SMILES string of the molecule is O=C(O)C(F)(F)F.O=C(c1ccc(=O)[nH]c1)N1CCc2[nH]nc(Cc3ccccc3)c2C1. The van der Waals surface area contributed by atoms with E-state index in [4.69, 9.17) is 9.90 Å². The summed E-state index contributed by atoms with van der Waals surface area (Å²) < 4.78 is 31.7. The molecule has 4 rings (SSSR count). The predicted molar refractivity (Wildman–Crippen MR) is 107 cm³/mol. The number of hydrogen-bond acceptors (Lipinski definition) is 4. The van der Waals surface area contributed by atoms with Crippen molar-refractivity contribution in [1.82, 2.24) is 20.1 Å². The molecule has 1 amide bonds. The molecule has 0 spiro atoms. The van der Waals surface area contributed by atoms with Crippen molar-refractivity contribution in [2.75, 3.05) is 6.54 Å². The minimum Gasteiger partial charge on any atom is -0.475 e. The lowest BCUT2D eigenvalue weighted by Crippen LogP contribution is -2.36. The van der Waals surface area contributed by atoms with Crippen LogP contribution in [0.1, 0.15) is 32.9 Å². The van der Waals surface area contributed by atoms with Gasteiger partial charge in [-0.25, -0.2) is 4.79 Å². The van der Waals surface area contributed by atoms with Crippen molar-refractivity contribution >= 4 is 11.9 Å². The summed E-state index contributed by atoms with van der Waals surface area (Å²) in [6.45, 7) is 1.17. The van der Waals surface area contributed by atoms with Crippen LogP contribution in [0.15, 0.2) is 53.5 Å². The van der Waals surface area contributed by atoms with Crippen LogP contribution in [0.2, 0.25) is 0 Å². The van der Waals surface area contributed by atoms with Crippen molar-refractivity contribution in [2.45, 2.75) is 25.6 Å². The van der Waals surface area contributed by atoms with Crippen LogP contribution < -0.4 is 5.56 Å². The Morgan fingerprint density at radius 1 is 1.12 bits per heavy atom. The molecular formula is C21H19F3N4O4. The number of nitrogens with one attached hydrogen (secondary N) is 2. The number of nitrogens with zero attached hydrogens (tertiary/aromatic N) is 2. The molecule has 0 saturated heterocycles. The van der Waals surface area contributed by atoms with E-state index in [2.05, 4.69) is 27.3 Å². The minimum absolute atomic E-state index is 0.0752. The van der Waals surface area contributed by atoms with Crippen molar-refractivity contribution in [3.63, 3.8) is 0 Å². The van der Waals surface area contributed by atoms with E-state index in [-0.39, 0.29) is 11.5 Å². The van der Waals surface area contributed by atoms with Gasteiger partial charge in [0.25, 0.3) is 5.91 Å². The second-order valence-electron chi connectivity index (χ2n) is 7.01. The number of benzene rings is 1. The number of aromatic amines is 2. The molecule has 1 aliphatic rings. The highest BCUT2D eigenvalue weighted by Gasteiger charge is 2.38. The van der Waals surface area contributed by atoms with Gasteiger partial charge in [0.2, 0.25) is 5.56 Å². The van der Waals surface area contributed by atoms with Gasteiger partial charge in [0, 0.05) is 49.5 Å². The third-order valence-corrected chi connectivity index (χ3v) is 4.79. The number of amides is 1. The number of rotatable bonds is 3. The first-order valence-corrected chi connectivity index (χ1v) is 9.52. The summed E-state index contributed by atoms with van der Waals surface area (Å²) in [4.78, 5) is 37.1. The van der Waals surface area contributed by atoms with Gasteiger partial charge in [0.15, 0.2) is 0 Å². The van der Waals surface area contributed by atoms with Gasteiger partial charge in [-0.15, -0.1) is 0 Å². The molecule has 8 nitrogen and oxygen atoms in total. The van der Waals surface area contributed by atoms with E-state index in [1.54, 1.807) is 11.0 Å². The van der Waals surface area contributed by atoms with Gasteiger partial charge in [-0.2, -0.15) is 18.3 Å². The number of H-pyrrole nitrogens is 2. The van der Waals surface area contributed by atoms with Crippen molar-refractivity contribution in [3.8, 4) is 0 Å². The smallest absolute Gasteiger partial charge is 0.475 e. The highest BCUT2D eigenvalue weighted by atomic mass is 19.4. The molecule has 0 bridgehead atoms. The number of carboxylic acids is 1. The van der Waals surface area contributed by atoms with Crippen molar-refractivity contribution < 1.29 is 27.9 Å². The summed E-state index contributed by atoms with van der Waals surface area (Å²) in [5.41, 5.74) is 4.68. The zero-order valence-corrected chi connectivity index (χ0v) is 16.6. The van der Waals surface area contributed by atoms with Gasteiger partial charge in [-0.05, 0) is 11.6 Å². The fourth-order valence-electron chi connectivity index (χ4n) is 3.19. The lowest BCUT2D eigenvalue weighted by atomic mass is 10.0. The van der Waals surface area contributed by atoms with Crippen LogP contribution in [0, 0.1) is 0 Å². The van der Waals surface area contributed by atoms with Crippen molar-refractivity contribution in [1.29, 1.82) is 0 Å². The number of carboxylic acid groups (broad SMARTS) is 1. The molecule has 3 N–H and O–H groups in total. The van der Waals surface area contributed by atoms with E-state index < -0.39 is 12.1 Å². The van der Waals surface area contributed by atoms with Crippen LogP contribution in [0.4, 0.5) is 13.2 Å². The number of halogens is 3. The second-order valence-corrected chi connectivity index (χ2v) is 7.01.